The summed E-state index contributed by atoms with van der Waals surface area (Å²) in [5.41, 5.74) is 0.884. The van der Waals surface area contributed by atoms with Crippen molar-refractivity contribution in [1.82, 2.24) is 10.6 Å². The van der Waals surface area contributed by atoms with Gasteiger partial charge in [-0.05, 0) is 49.9 Å². The van der Waals surface area contributed by atoms with Gasteiger partial charge in [-0.25, -0.2) is 0 Å². The van der Waals surface area contributed by atoms with Crippen LogP contribution in [-0.4, -0.2) is 31.6 Å². The van der Waals surface area contributed by atoms with E-state index in [1.54, 1.807) is 7.11 Å². The van der Waals surface area contributed by atoms with E-state index < -0.39 is 0 Å². The van der Waals surface area contributed by atoms with E-state index in [-0.39, 0.29) is 11.4 Å². The first kappa shape index (κ1) is 15.8. The Balaban J connectivity index is 1.82. The van der Waals surface area contributed by atoms with Crippen LogP contribution in [-0.2, 0) is 11.2 Å². The van der Waals surface area contributed by atoms with E-state index in [2.05, 4.69) is 17.6 Å². The highest BCUT2D eigenvalue weighted by Crippen LogP contribution is 2.24. The standard InChI is InChI=1S/C17H26N2O2/c1-3-10-17(11-4-12-19-17)16(20)18-13-9-14-5-7-15(21-2)8-6-14/h5-8,19H,3-4,9-13H2,1-2H3,(H,18,20). The first-order chi connectivity index (χ1) is 10.2. The number of hydrogen-bond acceptors (Lipinski definition) is 3. The molecule has 4 heteroatoms. The summed E-state index contributed by atoms with van der Waals surface area (Å²) in [6.07, 6.45) is 4.83. The van der Waals surface area contributed by atoms with Crippen LogP contribution in [0.15, 0.2) is 24.3 Å². The number of carbonyl (C=O) groups is 1. The zero-order valence-corrected chi connectivity index (χ0v) is 13.1. The molecule has 4 nitrogen and oxygen atoms in total. The van der Waals surface area contributed by atoms with Gasteiger partial charge in [0.15, 0.2) is 0 Å². The minimum Gasteiger partial charge on any atom is -0.497 e. The van der Waals surface area contributed by atoms with E-state index in [0.29, 0.717) is 6.54 Å². The molecule has 0 aliphatic carbocycles. The molecular weight excluding hydrogens is 264 g/mol. The van der Waals surface area contributed by atoms with Gasteiger partial charge in [0, 0.05) is 6.54 Å². The summed E-state index contributed by atoms with van der Waals surface area (Å²) in [7, 11) is 1.66. The number of methoxy groups -OCH3 is 1. The van der Waals surface area contributed by atoms with Crippen LogP contribution in [0.5, 0.6) is 5.75 Å². The van der Waals surface area contributed by atoms with Crippen LogP contribution in [0.25, 0.3) is 0 Å². The molecule has 0 saturated carbocycles. The lowest BCUT2D eigenvalue weighted by Crippen LogP contribution is -2.53. The summed E-state index contributed by atoms with van der Waals surface area (Å²) < 4.78 is 5.14. The van der Waals surface area contributed by atoms with Crippen LogP contribution < -0.4 is 15.4 Å². The van der Waals surface area contributed by atoms with E-state index in [9.17, 15) is 4.79 Å². The SMILES string of the molecule is CCCC1(C(=O)NCCc2ccc(OC)cc2)CCCN1. The van der Waals surface area contributed by atoms with Gasteiger partial charge >= 0.3 is 0 Å². The number of amides is 1. The third-order valence-corrected chi connectivity index (χ3v) is 4.21. The van der Waals surface area contributed by atoms with Gasteiger partial charge in [0.2, 0.25) is 5.91 Å². The van der Waals surface area contributed by atoms with Gasteiger partial charge in [0.1, 0.15) is 5.75 Å². The molecule has 1 heterocycles. The van der Waals surface area contributed by atoms with E-state index in [0.717, 1.165) is 44.4 Å². The number of hydrogen-bond donors (Lipinski definition) is 2. The minimum atomic E-state index is -0.325. The van der Waals surface area contributed by atoms with Crippen LogP contribution in [0.4, 0.5) is 0 Å². The molecule has 0 spiro atoms. The quantitative estimate of drug-likeness (QED) is 0.810. The van der Waals surface area contributed by atoms with Crippen molar-refractivity contribution in [2.24, 2.45) is 0 Å². The molecule has 1 amide bonds. The Morgan fingerprint density at radius 2 is 2.14 bits per heavy atom. The van der Waals surface area contributed by atoms with Crippen molar-refractivity contribution in [3.05, 3.63) is 29.8 Å². The molecule has 1 aromatic rings. The predicted molar refractivity (Wildman–Crippen MR) is 84.6 cm³/mol. The zero-order chi connectivity index (χ0) is 15.1. The van der Waals surface area contributed by atoms with Crippen molar-refractivity contribution < 1.29 is 9.53 Å². The number of benzene rings is 1. The Bertz CT molecular complexity index is 450. The lowest BCUT2D eigenvalue weighted by atomic mass is 9.91. The molecule has 1 aliphatic rings. The second-order valence-corrected chi connectivity index (χ2v) is 5.72. The highest BCUT2D eigenvalue weighted by Gasteiger charge is 2.39. The van der Waals surface area contributed by atoms with Crippen LogP contribution in [0.3, 0.4) is 0 Å². The van der Waals surface area contributed by atoms with Crippen LogP contribution in [0, 0.1) is 0 Å². The second kappa shape index (κ2) is 7.46. The molecule has 0 bridgehead atoms. The minimum absolute atomic E-state index is 0.162. The van der Waals surface area contributed by atoms with Crippen molar-refractivity contribution in [2.75, 3.05) is 20.2 Å². The van der Waals surface area contributed by atoms with Gasteiger partial charge in [-0.2, -0.15) is 0 Å². The lowest BCUT2D eigenvalue weighted by molar-refractivity contribution is -0.127. The van der Waals surface area contributed by atoms with Gasteiger partial charge in [-0.15, -0.1) is 0 Å². The van der Waals surface area contributed by atoms with E-state index >= 15 is 0 Å². The molecular formula is C17H26N2O2. The van der Waals surface area contributed by atoms with Crippen LogP contribution in [0.1, 0.15) is 38.2 Å². The molecule has 2 rings (SSSR count). The maximum atomic E-state index is 12.5. The molecule has 0 radical (unpaired) electrons. The molecule has 2 N–H and O–H groups in total. The number of nitrogens with one attached hydrogen (secondary N) is 2. The fraction of sp³-hybridized carbons (Fsp3) is 0.588. The normalized spacial score (nSPS) is 21.2. The summed E-state index contributed by atoms with van der Waals surface area (Å²) in [5.74, 6) is 1.02. The van der Waals surface area contributed by atoms with Gasteiger partial charge in [-0.3, -0.25) is 4.79 Å². The maximum absolute atomic E-state index is 12.5. The average Bonchev–Trinajstić information content (AvgIpc) is 2.98. The van der Waals surface area contributed by atoms with E-state index in [1.165, 1.54) is 5.56 Å². The van der Waals surface area contributed by atoms with E-state index in [1.807, 2.05) is 24.3 Å². The summed E-state index contributed by atoms with van der Waals surface area (Å²) >= 11 is 0. The highest BCUT2D eigenvalue weighted by atomic mass is 16.5. The van der Waals surface area contributed by atoms with Crippen molar-refractivity contribution in [2.45, 2.75) is 44.6 Å². The number of ether oxygens (including phenoxy) is 1. The second-order valence-electron chi connectivity index (χ2n) is 5.72. The van der Waals surface area contributed by atoms with Crippen molar-refractivity contribution in [3.8, 4) is 5.75 Å². The van der Waals surface area contributed by atoms with Crippen molar-refractivity contribution >= 4 is 5.91 Å². The Labute approximate surface area is 127 Å². The molecule has 1 atom stereocenters. The molecule has 1 unspecified atom stereocenters. The molecule has 1 saturated heterocycles. The fourth-order valence-electron chi connectivity index (χ4n) is 3.04. The molecule has 116 valence electrons. The summed E-state index contributed by atoms with van der Waals surface area (Å²) in [4.78, 5) is 12.5. The molecule has 21 heavy (non-hydrogen) atoms. The number of carbonyl (C=O) groups excluding carboxylic acids is 1. The third-order valence-electron chi connectivity index (χ3n) is 4.21. The Morgan fingerprint density at radius 3 is 2.71 bits per heavy atom. The molecule has 0 aromatic heterocycles. The average molecular weight is 290 g/mol. The van der Waals surface area contributed by atoms with Crippen LogP contribution >= 0.6 is 0 Å². The monoisotopic (exact) mass is 290 g/mol. The highest BCUT2D eigenvalue weighted by molar-refractivity contribution is 5.86. The first-order valence-electron chi connectivity index (χ1n) is 7.86. The third kappa shape index (κ3) is 3.97. The topological polar surface area (TPSA) is 50.4 Å². The lowest BCUT2D eigenvalue weighted by Gasteiger charge is -2.27. The maximum Gasteiger partial charge on any atom is 0.240 e. The van der Waals surface area contributed by atoms with Gasteiger partial charge in [0.25, 0.3) is 0 Å². The molecule has 1 aromatic carbocycles. The molecule has 1 fully saturated rings. The summed E-state index contributed by atoms with van der Waals surface area (Å²) in [6, 6.07) is 7.99. The van der Waals surface area contributed by atoms with Gasteiger partial charge in [-0.1, -0.05) is 25.5 Å². The Morgan fingerprint density at radius 1 is 1.38 bits per heavy atom. The largest absolute Gasteiger partial charge is 0.497 e. The number of rotatable bonds is 7. The first-order valence-corrected chi connectivity index (χ1v) is 7.86. The summed E-state index contributed by atoms with van der Waals surface area (Å²) in [6.45, 7) is 3.76. The van der Waals surface area contributed by atoms with Crippen LogP contribution in [0.2, 0.25) is 0 Å². The summed E-state index contributed by atoms with van der Waals surface area (Å²) in [5, 5.41) is 6.50. The van der Waals surface area contributed by atoms with Crippen molar-refractivity contribution in [1.29, 1.82) is 0 Å². The Kier molecular flexibility index (Phi) is 5.62. The fourth-order valence-corrected chi connectivity index (χ4v) is 3.04. The van der Waals surface area contributed by atoms with Gasteiger partial charge in [0.05, 0.1) is 12.6 Å². The van der Waals surface area contributed by atoms with Crippen molar-refractivity contribution in [3.63, 3.8) is 0 Å². The van der Waals surface area contributed by atoms with E-state index in [4.69, 9.17) is 4.74 Å². The zero-order valence-electron chi connectivity index (χ0n) is 13.1. The predicted octanol–water partition coefficient (Wildman–Crippen LogP) is 2.28. The Hall–Kier alpha value is -1.55. The van der Waals surface area contributed by atoms with Gasteiger partial charge < -0.3 is 15.4 Å². The smallest absolute Gasteiger partial charge is 0.240 e. The molecule has 1 aliphatic heterocycles.